The Morgan fingerprint density at radius 2 is 1.50 bits per heavy atom. The number of hydrogen-bond donors (Lipinski definition) is 0. The number of ether oxygens (including phenoxy) is 2. The molecule has 0 fully saturated rings. The molecule has 2 aromatic carbocycles. The summed E-state index contributed by atoms with van der Waals surface area (Å²) in [6, 6.07) is 11.4. The van der Waals surface area contributed by atoms with Gasteiger partial charge in [0.05, 0.1) is 5.56 Å². The molecule has 0 aliphatic rings. The minimum atomic E-state index is -0.423. The number of hydrogen-bond acceptors (Lipinski definition) is 4. The Morgan fingerprint density at radius 3 is 2.00 bits per heavy atom. The molecule has 0 saturated carbocycles. The molecule has 0 amide bonds. The van der Waals surface area contributed by atoms with E-state index in [9.17, 15) is 9.59 Å². The SMILES string of the molecule is C=C(C)c1ccccc1-c1c(OC(C)=O)cc(CCCCC)cc1OC(C)=O. The van der Waals surface area contributed by atoms with Gasteiger partial charge >= 0.3 is 11.9 Å². The van der Waals surface area contributed by atoms with Crippen LogP contribution in [0.15, 0.2) is 43.0 Å². The van der Waals surface area contributed by atoms with E-state index in [2.05, 4.69) is 13.5 Å². The van der Waals surface area contributed by atoms with E-state index < -0.39 is 11.9 Å². The molecule has 0 N–H and O–H groups in total. The highest BCUT2D eigenvalue weighted by atomic mass is 16.5. The Kier molecular flexibility index (Phi) is 7.56. The second-order valence-corrected chi connectivity index (χ2v) is 6.94. The van der Waals surface area contributed by atoms with Gasteiger partial charge in [-0.3, -0.25) is 9.59 Å². The average Bonchev–Trinajstić information content (AvgIpc) is 2.61. The van der Waals surface area contributed by atoms with E-state index in [1.54, 1.807) is 0 Å². The summed E-state index contributed by atoms with van der Waals surface area (Å²) in [6.07, 6.45) is 4.04. The maximum Gasteiger partial charge on any atom is 0.308 e. The van der Waals surface area contributed by atoms with Crippen LogP contribution in [0.5, 0.6) is 11.5 Å². The highest BCUT2D eigenvalue weighted by Gasteiger charge is 2.20. The first kappa shape index (κ1) is 21.4. The maximum atomic E-state index is 11.8. The van der Waals surface area contributed by atoms with Crippen molar-refractivity contribution in [3.63, 3.8) is 0 Å². The van der Waals surface area contributed by atoms with Gasteiger partial charge in [0.15, 0.2) is 0 Å². The fourth-order valence-corrected chi connectivity index (χ4v) is 3.18. The molecule has 0 atom stereocenters. The Labute approximate surface area is 167 Å². The number of carbonyl (C=O) groups is 2. The van der Waals surface area contributed by atoms with Gasteiger partial charge in [-0.15, -0.1) is 0 Å². The van der Waals surface area contributed by atoms with Crippen molar-refractivity contribution in [3.05, 3.63) is 54.1 Å². The van der Waals surface area contributed by atoms with Gasteiger partial charge in [-0.25, -0.2) is 0 Å². The maximum absolute atomic E-state index is 11.8. The standard InChI is InChI=1S/C24H28O4/c1-6-7-8-11-19-14-22(27-17(4)25)24(23(15-19)28-18(5)26)21-13-10-9-12-20(21)16(2)3/h9-10,12-15H,2,6-8,11H2,1,3-5H3. The molecule has 0 heterocycles. The van der Waals surface area contributed by atoms with Crippen molar-refractivity contribution >= 4 is 17.5 Å². The number of esters is 2. The summed E-state index contributed by atoms with van der Waals surface area (Å²) in [6.45, 7) is 10.8. The summed E-state index contributed by atoms with van der Waals surface area (Å²) < 4.78 is 11.1. The van der Waals surface area contributed by atoms with Gasteiger partial charge < -0.3 is 9.47 Å². The van der Waals surface area contributed by atoms with Gasteiger partial charge in [-0.1, -0.05) is 56.2 Å². The second-order valence-electron chi connectivity index (χ2n) is 6.94. The molecule has 2 aromatic rings. The Hall–Kier alpha value is -2.88. The third-order valence-corrected chi connectivity index (χ3v) is 4.36. The molecular formula is C24H28O4. The van der Waals surface area contributed by atoms with Crippen LogP contribution in [0.2, 0.25) is 0 Å². The van der Waals surface area contributed by atoms with Crippen LogP contribution >= 0.6 is 0 Å². The molecule has 148 valence electrons. The van der Waals surface area contributed by atoms with Gasteiger partial charge in [0.1, 0.15) is 11.5 Å². The molecule has 0 radical (unpaired) electrons. The zero-order chi connectivity index (χ0) is 20.7. The number of carbonyl (C=O) groups excluding carboxylic acids is 2. The van der Waals surface area contributed by atoms with Gasteiger partial charge in [0.2, 0.25) is 0 Å². The number of rotatable bonds is 8. The van der Waals surface area contributed by atoms with Crippen molar-refractivity contribution in [2.45, 2.75) is 53.4 Å². The van der Waals surface area contributed by atoms with Crippen molar-refractivity contribution < 1.29 is 19.1 Å². The summed E-state index contributed by atoms with van der Waals surface area (Å²) in [5.41, 5.74) is 4.14. The van der Waals surface area contributed by atoms with E-state index in [4.69, 9.17) is 9.47 Å². The third-order valence-electron chi connectivity index (χ3n) is 4.36. The lowest BCUT2D eigenvalue weighted by Gasteiger charge is -2.18. The number of unbranched alkanes of at least 4 members (excludes halogenated alkanes) is 2. The minimum Gasteiger partial charge on any atom is -0.426 e. The number of aryl methyl sites for hydroxylation is 1. The topological polar surface area (TPSA) is 52.6 Å². The summed E-state index contributed by atoms with van der Waals surface area (Å²) in [7, 11) is 0. The van der Waals surface area contributed by atoms with Crippen LogP contribution < -0.4 is 9.47 Å². The van der Waals surface area contributed by atoms with Crippen LogP contribution in [0.4, 0.5) is 0 Å². The van der Waals surface area contributed by atoms with Gasteiger partial charge in [-0.05, 0) is 48.6 Å². The van der Waals surface area contributed by atoms with Crippen LogP contribution in [-0.4, -0.2) is 11.9 Å². The molecule has 0 aliphatic heterocycles. The van der Waals surface area contributed by atoms with Crippen molar-refractivity contribution in [2.75, 3.05) is 0 Å². The van der Waals surface area contributed by atoms with Crippen LogP contribution in [0.25, 0.3) is 16.7 Å². The summed E-state index contributed by atoms with van der Waals surface area (Å²) in [4.78, 5) is 23.5. The molecule has 28 heavy (non-hydrogen) atoms. The molecule has 0 aromatic heterocycles. The number of benzene rings is 2. The lowest BCUT2D eigenvalue weighted by molar-refractivity contribution is -0.132. The molecule has 4 nitrogen and oxygen atoms in total. The second kappa shape index (κ2) is 9.88. The Morgan fingerprint density at radius 1 is 0.929 bits per heavy atom. The molecule has 0 aliphatic carbocycles. The summed E-state index contributed by atoms with van der Waals surface area (Å²) in [5, 5.41) is 0. The summed E-state index contributed by atoms with van der Waals surface area (Å²) >= 11 is 0. The van der Waals surface area contributed by atoms with E-state index in [-0.39, 0.29) is 0 Å². The zero-order valence-corrected chi connectivity index (χ0v) is 17.1. The third kappa shape index (κ3) is 5.56. The fraction of sp³-hybridized carbons (Fsp3) is 0.333. The molecular weight excluding hydrogens is 352 g/mol. The summed E-state index contributed by atoms with van der Waals surface area (Å²) in [5.74, 6) is -0.0556. The zero-order valence-electron chi connectivity index (χ0n) is 17.1. The Bertz CT molecular complexity index is 843. The average molecular weight is 380 g/mol. The monoisotopic (exact) mass is 380 g/mol. The first-order chi connectivity index (χ1) is 13.3. The van der Waals surface area contributed by atoms with E-state index in [0.29, 0.717) is 17.1 Å². The van der Waals surface area contributed by atoms with E-state index in [1.165, 1.54) is 13.8 Å². The first-order valence-electron chi connectivity index (χ1n) is 9.62. The predicted octanol–water partition coefficient (Wildman–Crippen LogP) is 5.97. The largest absolute Gasteiger partial charge is 0.426 e. The fourth-order valence-electron chi connectivity index (χ4n) is 3.18. The van der Waals surface area contributed by atoms with Crippen molar-refractivity contribution in [3.8, 4) is 22.6 Å². The van der Waals surface area contributed by atoms with Crippen LogP contribution in [0.1, 0.15) is 58.1 Å². The van der Waals surface area contributed by atoms with E-state index in [1.807, 2.05) is 43.3 Å². The van der Waals surface area contributed by atoms with E-state index >= 15 is 0 Å². The lowest BCUT2D eigenvalue weighted by atomic mass is 9.93. The molecule has 0 bridgehead atoms. The first-order valence-corrected chi connectivity index (χ1v) is 9.62. The number of allylic oxidation sites excluding steroid dienone is 1. The van der Waals surface area contributed by atoms with Crippen molar-refractivity contribution in [2.24, 2.45) is 0 Å². The molecule has 0 spiro atoms. The van der Waals surface area contributed by atoms with Crippen LogP contribution in [0.3, 0.4) is 0 Å². The van der Waals surface area contributed by atoms with Gasteiger partial charge in [-0.2, -0.15) is 0 Å². The molecule has 0 unspecified atom stereocenters. The highest BCUT2D eigenvalue weighted by Crippen LogP contribution is 2.43. The predicted molar refractivity (Wildman–Crippen MR) is 112 cm³/mol. The van der Waals surface area contributed by atoms with Gasteiger partial charge in [0, 0.05) is 13.8 Å². The lowest BCUT2D eigenvalue weighted by Crippen LogP contribution is -2.08. The molecule has 0 saturated heterocycles. The van der Waals surface area contributed by atoms with E-state index in [0.717, 1.165) is 47.9 Å². The Balaban J connectivity index is 2.71. The van der Waals surface area contributed by atoms with Gasteiger partial charge in [0.25, 0.3) is 0 Å². The normalized spacial score (nSPS) is 10.4. The van der Waals surface area contributed by atoms with Crippen LogP contribution in [0, 0.1) is 0 Å². The smallest absolute Gasteiger partial charge is 0.308 e. The van der Waals surface area contributed by atoms with Crippen molar-refractivity contribution in [1.29, 1.82) is 0 Å². The quantitative estimate of drug-likeness (QED) is 0.322. The van der Waals surface area contributed by atoms with Crippen molar-refractivity contribution in [1.82, 2.24) is 0 Å². The van der Waals surface area contributed by atoms with Crippen LogP contribution in [-0.2, 0) is 16.0 Å². The molecule has 2 rings (SSSR count). The highest BCUT2D eigenvalue weighted by molar-refractivity contribution is 5.89. The molecule has 4 heteroatoms. The minimum absolute atomic E-state index is 0.395.